The summed E-state index contributed by atoms with van der Waals surface area (Å²) in [5.74, 6) is 2.50. The first-order chi connectivity index (χ1) is 14.5. The minimum absolute atomic E-state index is 0.0182. The van der Waals surface area contributed by atoms with Crippen molar-refractivity contribution in [3.05, 3.63) is 45.7 Å². The van der Waals surface area contributed by atoms with Crippen LogP contribution in [0.1, 0.15) is 78.7 Å². The summed E-state index contributed by atoms with van der Waals surface area (Å²) in [6.45, 7) is 2.01. The maximum absolute atomic E-state index is 13.6. The number of fused-ring (bicyclic) bond motifs is 1. The van der Waals surface area contributed by atoms with Crippen LogP contribution in [0.25, 0.3) is 5.69 Å². The molecule has 5 heteroatoms. The Morgan fingerprint density at radius 1 is 1.10 bits per heavy atom. The SMILES string of the molecule is Cc1ccc(-n2nc(C(=O)NC34CC5CC(CC(C5)C3)C4)c3c2CCCC3)cc1Cl. The Balaban J connectivity index is 1.35. The Hall–Kier alpha value is -1.81. The summed E-state index contributed by atoms with van der Waals surface area (Å²) in [7, 11) is 0. The van der Waals surface area contributed by atoms with Crippen LogP contribution >= 0.6 is 11.6 Å². The molecule has 4 nitrogen and oxygen atoms in total. The maximum Gasteiger partial charge on any atom is 0.272 e. The predicted octanol–water partition coefficient (Wildman–Crippen LogP) is 5.41. The molecule has 0 spiro atoms. The molecule has 4 bridgehead atoms. The fourth-order valence-corrected chi connectivity index (χ4v) is 7.45. The van der Waals surface area contributed by atoms with Gasteiger partial charge < -0.3 is 5.32 Å². The van der Waals surface area contributed by atoms with Crippen molar-refractivity contribution in [2.75, 3.05) is 0 Å². The van der Waals surface area contributed by atoms with Gasteiger partial charge >= 0.3 is 0 Å². The lowest BCUT2D eigenvalue weighted by atomic mass is 9.53. The largest absolute Gasteiger partial charge is 0.345 e. The van der Waals surface area contributed by atoms with Crippen molar-refractivity contribution in [3.8, 4) is 5.69 Å². The van der Waals surface area contributed by atoms with Crippen LogP contribution in [0.4, 0.5) is 0 Å². The summed E-state index contributed by atoms with van der Waals surface area (Å²) in [5.41, 5.74) is 5.03. The number of halogens is 1. The van der Waals surface area contributed by atoms with E-state index in [2.05, 4.69) is 11.4 Å². The average Bonchev–Trinajstić information content (AvgIpc) is 3.09. The van der Waals surface area contributed by atoms with E-state index < -0.39 is 0 Å². The molecule has 0 aliphatic heterocycles. The molecule has 1 aromatic carbocycles. The Kier molecular flexibility index (Phi) is 4.32. The number of nitrogens with one attached hydrogen (secondary N) is 1. The van der Waals surface area contributed by atoms with E-state index in [0.29, 0.717) is 5.69 Å². The van der Waals surface area contributed by atoms with Crippen LogP contribution in [0.15, 0.2) is 18.2 Å². The predicted molar refractivity (Wildman–Crippen MR) is 118 cm³/mol. The van der Waals surface area contributed by atoms with E-state index in [1.165, 1.54) is 44.2 Å². The lowest BCUT2D eigenvalue weighted by Crippen LogP contribution is -2.60. The van der Waals surface area contributed by atoms with Crippen LogP contribution in [0.5, 0.6) is 0 Å². The molecule has 158 valence electrons. The van der Waals surface area contributed by atoms with Crippen molar-refractivity contribution >= 4 is 17.5 Å². The highest BCUT2D eigenvalue weighted by Crippen LogP contribution is 2.55. The third kappa shape index (κ3) is 3.02. The summed E-state index contributed by atoms with van der Waals surface area (Å²) in [4.78, 5) is 13.6. The monoisotopic (exact) mass is 423 g/mol. The lowest BCUT2D eigenvalue weighted by Gasteiger charge is -2.56. The van der Waals surface area contributed by atoms with E-state index in [1.54, 1.807) is 0 Å². The van der Waals surface area contributed by atoms with Gasteiger partial charge in [0, 0.05) is 21.8 Å². The van der Waals surface area contributed by atoms with Crippen LogP contribution in [0.3, 0.4) is 0 Å². The second-order valence-electron chi connectivity index (χ2n) is 10.5. The van der Waals surface area contributed by atoms with Crippen molar-refractivity contribution in [2.24, 2.45) is 17.8 Å². The standard InChI is InChI=1S/C25H30ClN3O/c1-15-6-7-19(11-21(15)26)29-22-5-3-2-4-20(22)23(28-29)24(30)27-25-12-16-8-17(13-25)10-18(9-16)14-25/h6-7,11,16-18H,2-5,8-10,12-14H2,1H3,(H,27,30). The minimum atomic E-state index is 0.0182. The van der Waals surface area contributed by atoms with Crippen molar-refractivity contribution in [2.45, 2.75) is 76.7 Å². The zero-order valence-corrected chi connectivity index (χ0v) is 18.5. The van der Waals surface area contributed by atoms with Crippen molar-refractivity contribution < 1.29 is 4.79 Å². The highest BCUT2D eigenvalue weighted by Gasteiger charge is 2.51. The molecule has 5 aliphatic rings. The van der Waals surface area contributed by atoms with Crippen LogP contribution in [0, 0.1) is 24.7 Å². The fraction of sp³-hybridized carbons (Fsp3) is 0.600. The molecule has 7 rings (SSSR count). The van der Waals surface area contributed by atoms with E-state index >= 15 is 0 Å². The van der Waals surface area contributed by atoms with Gasteiger partial charge in [0.2, 0.25) is 0 Å². The van der Waals surface area contributed by atoms with Crippen LogP contribution in [0.2, 0.25) is 5.02 Å². The van der Waals surface area contributed by atoms with E-state index in [0.717, 1.165) is 65.3 Å². The molecule has 0 unspecified atom stereocenters. The molecule has 1 aromatic heterocycles. The maximum atomic E-state index is 13.6. The molecular weight excluding hydrogens is 394 g/mol. The van der Waals surface area contributed by atoms with Crippen molar-refractivity contribution in [1.82, 2.24) is 15.1 Å². The smallest absolute Gasteiger partial charge is 0.272 e. The zero-order chi connectivity index (χ0) is 20.5. The molecule has 4 saturated carbocycles. The number of amides is 1. The molecule has 5 aliphatic carbocycles. The van der Waals surface area contributed by atoms with E-state index in [1.807, 2.05) is 23.7 Å². The summed E-state index contributed by atoms with van der Waals surface area (Å²) in [6, 6.07) is 6.06. The van der Waals surface area contributed by atoms with Gasteiger partial charge in [-0.15, -0.1) is 0 Å². The quantitative estimate of drug-likeness (QED) is 0.717. The van der Waals surface area contributed by atoms with Gasteiger partial charge in [-0.25, -0.2) is 4.68 Å². The third-order valence-electron chi connectivity index (χ3n) is 8.21. The number of aromatic nitrogens is 2. The van der Waals surface area contributed by atoms with Gasteiger partial charge in [-0.3, -0.25) is 4.79 Å². The number of nitrogens with zero attached hydrogens (tertiary/aromatic N) is 2. The van der Waals surface area contributed by atoms with E-state index in [4.69, 9.17) is 16.7 Å². The molecule has 2 aromatic rings. The van der Waals surface area contributed by atoms with Gasteiger partial charge in [0.15, 0.2) is 5.69 Å². The molecule has 30 heavy (non-hydrogen) atoms. The number of aryl methyl sites for hydroxylation is 1. The molecule has 0 saturated heterocycles. The summed E-state index contributed by atoms with van der Waals surface area (Å²) in [6.07, 6.45) is 11.8. The number of hydrogen-bond donors (Lipinski definition) is 1. The van der Waals surface area contributed by atoms with Gasteiger partial charge in [-0.1, -0.05) is 17.7 Å². The number of benzene rings is 1. The summed E-state index contributed by atoms with van der Waals surface area (Å²) >= 11 is 6.40. The first-order valence-corrected chi connectivity index (χ1v) is 12.1. The summed E-state index contributed by atoms with van der Waals surface area (Å²) < 4.78 is 1.98. The topological polar surface area (TPSA) is 46.9 Å². The Bertz CT molecular complexity index is 988. The van der Waals surface area contributed by atoms with E-state index in [-0.39, 0.29) is 11.4 Å². The highest BCUT2D eigenvalue weighted by atomic mass is 35.5. The first kappa shape index (κ1) is 18.9. The number of rotatable bonds is 3. The molecule has 0 atom stereocenters. The fourth-order valence-electron chi connectivity index (χ4n) is 7.27. The van der Waals surface area contributed by atoms with Gasteiger partial charge in [0.25, 0.3) is 5.91 Å². The van der Waals surface area contributed by atoms with Gasteiger partial charge in [-0.05, 0) is 107 Å². The summed E-state index contributed by atoms with van der Waals surface area (Å²) in [5, 5.41) is 9.16. The Morgan fingerprint density at radius 2 is 1.77 bits per heavy atom. The highest BCUT2D eigenvalue weighted by molar-refractivity contribution is 6.31. The third-order valence-corrected chi connectivity index (χ3v) is 8.62. The van der Waals surface area contributed by atoms with Crippen molar-refractivity contribution in [3.63, 3.8) is 0 Å². The molecule has 1 heterocycles. The second kappa shape index (κ2) is 6.85. The van der Waals surface area contributed by atoms with Gasteiger partial charge in [-0.2, -0.15) is 5.10 Å². The van der Waals surface area contributed by atoms with Gasteiger partial charge in [0.05, 0.1) is 5.69 Å². The Labute approximate surface area is 183 Å². The normalized spacial score (nSPS) is 31.6. The molecule has 4 fully saturated rings. The second-order valence-corrected chi connectivity index (χ2v) is 10.9. The number of carbonyl (C=O) groups is 1. The van der Waals surface area contributed by atoms with Crippen LogP contribution in [-0.2, 0) is 12.8 Å². The van der Waals surface area contributed by atoms with Gasteiger partial charge in [0.1, 0.15) is 0 Å². The van der Waals surface area contributed by atoms with Crippen LogP contribution < -0.4 is 5.32 Å². The number of carbonyl (C=O) groups excluding carboxylic acids is 1. The Morgan fingerprint density at radius 3 is 2.43 bits per heavy atom. The zero-order valence-electron chi connectivity index (χ0n) is 17.7. The lowest BCUT2D eigenvalue weighted by molar-refractivity contribution is -0.0168. The first-order valence-electron chi connectivity index (χ1n) is 11.7. The number of hydrogen-bond acceptors (Lipinski definition) is 2. The molecule has 1 N–H and O–H groups in total. The molecule has 0 radical (unpaired) electrons. The average molecular weight is 424 g/mol. The minimum Gasteiger partial charge on any atom is -0.345 e. The molecule has 1 amide bonds. The van der Waals surface area contributed by atoms with Crippen molar-refractivity contribution in [1.29, 1.82) is 0 Å². The van der Waals surface area contributed by atoms with Crippen LogP contribution in [-0.4, -0.2) is 21.2 Å². The van der Waals surface area contributed by atoms with E-state index in [9.17, 15) is 4.79 Å². The molecular formula is C25H30ClN3O.